The van der Waals surface area contributed by atoms with Gasteiger partial charge in [-0.25, -0.2) is 0 Å². The number of halogens is 3. The first-order chi connectivity index (χ1) is 17.0. The molecule has 0 fully saturated rings. The van der Waals surface area contributed by atoms with E-state index in [0.717, 1.165) is 25.0 Å². The summed E-state index contributed by atoms with van der Waals surface area (Å²) in [6.45, 7) is 13.1. The Morgan fingerprint density at radius 2 is 1.44 bits per heavy atom. The number of aryl methyl sites for hydroxylation is 3. The average Bonchev–Trinajstić information content (AvgIpc) is 3.13. The summed E-state index contributed by atoms with van der Waals surface area (Å²) >= 11 is 1.83. The third kappa shape index (κ3) is 6.78. The number of ether oxygens (including phenoxy) is 1. The van der Waals surface area contributed by atoms with Crippen LogP contribution >= 0.6 is 11.9 Å². The summed E-state index contributed by atoms with van der Waals surface area (Å²) in [5.74, 6) is 1.04. The maximum absolute atomic E-state index is 12.5. The zero-order valence-corrected chi connectivity index (χ0v) is 22.8. The Labute approximate surface area is 217 Å². The molecule has 4 rings (SSSR count). The van der Waals surface area contributed by atoms with Gasteiger partial charge < -0.3 is 9.46 Å². The zero-order valence-electron chi connectivity index (χ0n) is 22.0. The van der Waals surface area contributed by atoms with Crippen LogP contribution in [0.25, 0.3) is 0 Å². The Hall–Kier alpha value is -2.60. The van der Waals surface area contributed by atoms with Gasteiger partial charge in [-0.05, 0) is 117 Å². The topological polar surface area (TPSA) is 21.3 Å². The fraction of sp³-hybridized carbons (Fsp3) is 0.400. The third-order valence-electron chi connectivity index (χ3n) is 6.36. The number of nitrogens with one attached hydrogen (secondary N) is 1. The summed E-state index contributed by atoms with van der Waals surface area (Å²) in [7, 11) is 0. The highest BCUT2D eigenvalue weighted by molar-refractivity contribution is 8.01. The van der Waals surface area contributed by atoms with Gasteiger partial charge in [0, 0.05) is 0 Å². The predicted molar refractivity (Wildman–Crippen MR) is 146 cm³/mol. The van der Waals surface area contributed by atoms with Crippen molar-refractivity contribution in [3.63, 3.8) is 0 Å². The predicted octanol–water partition coefficient (Wildman–Crippen LogP) is 10.0. The Kier molecular flexibility index (Phi) is 9.04. The summed E-state index contributed by atoms with van der Waals surface area (Å²) in [5, 5.41) is 0. The van der Waals surface area contributed by atoms with Crippen molar-refractivity contribution in [3.05, 3.63) is 88.0 Å². The van der Waals surface area contributed by atoms with Gasteiger partial charge >= 0.3 is 6.18 Å². The van der Waals surface area contributed by atoms with E-state index in [4.69, 9.17) is 4.74 Å². The van der Waals surface area contributed by atoms with Crippen LogP contribution in [0.1, 0.15) is 73.9 Å². The molecule has 6 heteroatoms. The quantitative estimate of drug-likeness (QED) is 0.330. The summed E-state index contributed by atoms with van der Waals surface area (Å²) in [5.41, 5.74) is 7.48. The van der Waals surface area contributed by atoms with E-state index in [1.807, 2.05) is 37.1 Å². The first-order valence-corrected chi connectivity index (χ1v) is 13.3. The molecule has 2 nitrogen and oxygen atoms in total. The summed E-state index contributed by atoms with van der Waals surface area (Å²) in [6, 6.07) is 15.0. The molecule has 36 heavy (non-hydrogen) atoms. The van der Waals surface area contributed by atoms with Crippen molar-refractivity contribution >= 4 is 17.6 Å². The maximum Gasteiger partial charge on any atom is 0.416 e. The number of fused-ring (bicyclic) bond motifs is 1. The van der Waals surface area contributed by atoms with Gasteiger partial charge in [0.15, 0.2) is 0 Å². The monoisotopic (exact) mass is 515 g/mol. The SMILES string of the molecule is CCCc1c(C)ccc2c1NSC2(C)C.CCCc1cc(Oc2ccc(C(F)(F)F)cc2)ccc1C. The minimum Gasteiger partial charge on any atom is -0.457 e. The minimum atomic E-state index is -4.32. The van der Waals surface area contributed by atoms with Crippen LogP contribution < -0.4 is 9.46 Å². The smallest absolute Gasteiger partial charge is 0.416 e. The maximum atomic E-state index is 12.5. The Balaban J connectivity index is 0.000000212. The Bertz CT molecular complexity index is 1170. The van der Waals surface area contributed by atoms with Crippen LogP contribution in [-0.4, -0.2) is 0 Å². The van der Waals surface area contributed by atoms with E-state index < -0.39 is 11.7 Å². The lowest BCUT2D eigenvalue weighted by Gasteiger charge is -2.16. The highest BCUT2D eigenvalue weighted by atomic mass is 32.2. The van der Waals surface area contributed by atoms with Gasteiger partial charge in [0.25, 0.3) is 0 Å². The molecular formula is C30H36F3NOS. The molecule has 3 aromatic rings. The summed E-state index contributed by atoms with van der Waals surface area (Å²) in [6.07, 6.45) is 0.0556. The normalized spacial score (nSPS) is 13.9. The molecule has 0 amide bonds. The van der Waals surface area contributed by atoms with Gasteiger partial charge in [0.05, 0.1) is 16.0 Å². The van der Waals surface area contributed by atoms with Gasteiger partial charge in [-0.15, -0.1) is 0 Å². The average molecular weight is 516 g/mol. The van der Waals surface area contributed by atoms with Crippen LogP contribution in [0.5, 0.6) is 11.5 Å². The second-order valence-electron chi connectivity index (χ2n) is 9.71. The van der Waals surface area contributed by atoms with E-state index in [-0.39, 0.29) is 4.75 Å². The molecule has 0 aliphatic carbocycles. The van der Waals surface area contributed by atoms with Gasteiger partial charge in [-0.3, -0.25) is 0 Å². The van der Waals surface area contributed by atoms with Crippen molar-refractivity contribution in [2.75, 3.05) is 4.72 Å². The largest absolute Gasteiger partial charge is 0.457 e. The molecule has 194 valence electrons. The van der Waals surface area contributed by atoms with E-state index in [1.165, 1.54) is 58.5 Å². The molecule has 0 radical (unpaired) electrons. The highest BCUT2D eigenvalue weighted by Crippen LogP contribution is 2.48. The molecule has 0 saturated heterocycles. The van der Waals surface area contributed by atoms with Gasteiger partial charge in [0.2, 0.25) is 0 Å². The Morgan fingerprint density at radius 1 is 0.833 bits per heavy atom. The van der Waals surface area contributed by atoms with Crippen molar-refractivity contribution < 1.29 is 17.9 Å². The van der Waals surface area contributed by atoms with Crippen LogP contribution in [0.15, 0.2) is 54.6 Å². The molecule has 1 heterocycles. The van der Waals surface area contributed by atoms with Crippen LogP contribution in [0.4, 0.5) is 18.9 Å². The molecular weight excluding hydrogens is 479 g/mol. The van der Waals surface area contributed by atoms with Gasteiger partial charge in [-0.1, -0.05) is 44.9 Å². The highest BCUT2D eigenvalue weighted by Gasteiger charge is 2.32. The fourth-order valence-electron chi connectivity index (χ4n) is 4.27. The van der Waals surface area contributed by atoms with Crippen LogP contribution in [0, 0.1) is 13.8 Å². The first-order valence-electron chi connectivity index (χ1n) is 12.5. The van der Waals surface area contributed by atoms with E-state index in [1.54, 1.807) is 0 Å². The molecule has 0 unspecified atom stereocenters. The van der Waals surface area contributed by atoms with Gasteiger partial charge in [-0.2, -0.15) is 13.2 Å². The number of hydrogen-bond acceptors (Lipinski definition) is 3. The number of anilines is 1. The molecule has 0 bridgehead atoms. The van der Waals surface area contributed by atoms with E-state index >= 15 is 0 Å². The van der Waals surface area contributed by atoms with Crippen molar-refractivity contribution in [2.24, 2.45) is 0 Å². The zero-order chi connectivity index (χ0) is 26.5. The molecule has 1 aliphatic rings. The number of benzene rings is 3. The number of hydrogen-bond donors (Lipinski definition) is 1. The van der Waals surface area contributed by atoms with Crippen molar-refractivity contribution in [3.8, 4) is 11.5 Å². The molecule has 1 N–H and O–H groups in total. The molecule has 0 saturated carbocycles. The summed E-state index contributed by atoms with van der Waals surface area (Å²) < 4.78 is 46.8. The number of rotatable bonds is 6. The summed E-state index contributed by atoms with van der Waals surface area (Å²) in [4.78, 5) is 0. The molecule has 0 atom stereocenters. The van der Waals surface area contributed by atoms with Crippen LogP contribution in [0.2, 0.25) is 0 Å². The molecule has 3 aromatic carbocycles. The number of alkyl halides is 3. The van der Waals surface area contributed by atoms with E-state index in [9.17, 15) is 13.2 Å². The molecule has 0 aromatic heterocycles. The standard InChI is InChI=1S/C17H17F3O.C13H19NS/c1-3-4-13-11-16(8-5-12(13)2)21-15-9-6-14(7-10-15)17(18,19)20;1-5-6-10-9(2)7-8-11-12(10)14-15-13(11,3)4/h5-11H,3-4H2,1-2H3;7-8,14H,5-6H2,1-4H3. The minimum absolute atomic E-state index is 0.214. The van der Waals surface area contributed by atoms with Crippen LogP contribution in [-0.2, 0) is 23.8 Å². The van der Waals surface area contributed by atoms with Gasteiger partial charge in [0.1, 0.15) is 11.5 Å². The Morgan fingerprint density at radius 3 is 2.06 bits per heavy atom. The van der Waals surface area contributed by atoms with Crippen molar-refractivity contribution in [1.29, 1.82) is 0 Å². The lowest BCUT2D eigenvalue weighted by molar-refractivity contribution is -0.137. The van der Waals surface area contributed by atoms with Crippen molar-refractivity contribution in [1.82, 2.24) is 0 Å². The van der Waals surface area contributed by atoms with Crippen molar-refractivity contribution in [2.45, 2.75) is 78.1 Å². The van der Waals surface area contributed by atoms with E-state index in [2.05, 4.69) is 51.5 Å². The second-order valence-corrected chi connectivity index (χ2v) is 11.1. The lowest BCUT2D eigenvalue weighted by atomic mass is 9.93. The molecule has 1 aliphatic heterocycles. The lowest BCUT2D eigenvalue weighted by Crippen LogP contribution is -2.07. The first kappa shape index (κ1) is 28.0. The second kappa shape index (κ2) is 11.6. The third-order valence-corrected chi connectivity index (χ3v) is 7.40. The van der Waals surface area contributed by atoms with E-state index in [0.29, 0.717) is 11.5 Å². The van der Waals surface area contributed by atoms with Crippen LogP contribution in [0.3, 0.4) is 0 Å². The fourth-order valence-corrected chi connectivity index (χ4v) is 5.14. The molecule has 0 spiro atoms.